The molecule has 2 heterocycles. The first-order valence-electron chi connectivity index (χ1n) is 9.83. The molecule has 2 saturated heterocycles. The lowest BCUT2D eigenvalue weighted by atomic mass is 10.1. The zero-order valence-corrected chi connectivity index (χ0v) is 17.0. The van der Waals surface area contributed by atoms with Crippen molar-refractivity contribution >= 4 is 40.5 Å². The highest BCUT2D eigenvalue weighted by atomic mass is 35.5. The monoisotopic (exact) mass is 428 g/mol. The summed E-state index contributed by atoms with van der Waals surface area (Å²) in [6.07, 6.45) is 1.22. The Balaban J connectivity index is 1.52. The fourth-order valence-corrected chi connectivity index (χ4v) is 4.18. The number of carbonyl (C=O) groups excluding carboxylic acids is 2. The minimum atomic E-state index is -0.389. The molecule has 2 fully saturated rings. The van der Waals surface area contributed by atoms with Crippen LogP contribution in [0.4, 0.5) is 17.1 Å². The number of para-hydroxylation sites is 2. The number of piperazine rings is 1. The van der Waals surface area contributed by atoms with Gasteiger partial charge < -0.3 is 14.7 Å². The van der Waals surface area contributed by atoms with E-state index in [-0.39, 0.29) is 22.4 Å². The third-order valence-electron chi connectivity index (χ3n) is 5.54. The van der Waals surface area contributed by atoms with Crippen molar-refractivity contribution in [2.75, 3.05) is 42.5 Å². The SMILES string of the molecule is O=C(c1ccc(Cl)cc1N1CCCC1=O)N1CCN(c2ccccc2[N+](=O)[O-])CC1. The summed E-state index contributed by atoms with van der Waals surface area (Å²) in [6, 6.07) is 11.6. The first-order valence-corrected chi connectivity index (χ1v) is 10.2. The van der Waals surface area contributed by atoms with E-state index in [2.05, 4.69) is 0 Å². The van der Waals surface area contributed by atoms with Gasteiger partial charge in [0.05, 0.1) is 16.2 Å². The molecule has 9 heteroatoms. The van der Waals surface area contributed by atoms with Gasteiger partial charge in [-0.2, -0.15) is 0 Å². The van der Waals surface area contributed by atoms with Crippen LogP contribution in [0.5, 0.6) is 0 Å². The number of amides is 2. The van der Waals surface area contributed by atoms with Gasteiger partial charge in [0, 0.05) is 50.2 Å². The predicted octanol–water partition coefficient (Wildman–Crippen LogP) is 3.34. The molecule has 0 aliphatic carbocycles. The Labute approximate surface area is 178 Å². The van der Waals surface area contributed by atoms with Gasteiger partial charge in [-0.05, 0) is 30.7 Å². The molecule has 0 unspecified atom stereocenters. The number of carbonyl (C=O) groups is 2. The Kier molecular flexibility index (Phi) is 5.59. The van der Waals surface area contributed by atoms with Crippen molar-refractivity contribution in [1.82, 2.24) is 4.90 Å². The normalized spacial score (nSPS) is 16.8. The Morgan fingerprint density at radius 2 is 1.73 bits per heavy atom. The van der Waals surface area contributed by atoms with E-state index >= 15 is 0 Å². The zero-order chi connectivity index (χ0) is 21.3. The Morgan fingerprint density at radius 3 is 2.40 bits per heavy atom. The maximum Gasteiger partial charge on any atom is 0.292 e. The molecule has 2 amide bonds. The fourth-order valence-electron chi connectivity index (χ4n) is 4.02. The lowest BCUT2D eigenvalue weighted by Crippen LogP contribution is -2.49. The summed E-state index contributed by atoms with van der Waals surface area (Å²) in [5.41, 5.74) is 1.62. The standard InChI is InChI=1S/C21H21ClN4O4/c22-15-7-8-16(19(14-15)25-9-3-6-20(25)27)21(28)24-12-10-23(11-13-24)17-4-1-2-5-18(17)26(29)30/h1-2,4-5,7-8,14H,3,6,9-13H2. The van der Waals surface area contributed by atoms with Crippen molar-refractivity contribution in [2.24, 2.45) is 0 Å². The van der Waals surface area contributed by atoms with Crippen LogP contribution in [0.25, 0.3) is 0 Å². The molecule has 0 aromatic heterocycles. The van der Waals surface area contributed by atoms with Crippen molar-refractivity contribution < 1.29 is 14.5 Å². The van der Waals surface area contributed by atoms with Gasteiger partial charge in [0.2, 0.25) is 5.91 Å². The lowest BCUT2D eigenvalue weighted by Gasteiger charge is -2.36. The van der Waals surface area contributed by atoms with E-state index < -0.39 is 0 Å². The predicted molar refractivity (Wildman–Crippen MR) is 114 cm³/mol. The van der Waals surface area contributed by atoms with Gasteiger partial charge in [-0.3, -0.25) is 19.7 Å². The third-order valence-corrected chi connectivity index (χ3v) is 5.78. The first-order chi connectivity index (χ1) is 14.5. The topological polar surface area (TPSA) is 87.0 Å². The summed E-state index contributed by atoms with van der Waals surface area (Å²) < 4.78 is 0. The van der Waals surface area contributed by atoms with Gasteiger partial charge in [0.25, 0.3) is 11.6 Å². The van der Waals surface area contributed by atoms with Crippen LogP contribution in [0.15, 0.2) is 42.5 Å². The molecule has 0 atom stereocenters. The molecule has 2 aliphatic heterocycles. The quantitative estimate of drug-likeness (QED) is 0.550. The molecule has 0 radical (unpaired) electrons. The molecule has 4 rings (SSSR count). The molecule has 0 bridgehead atoms. The average Bonchev–Trinajstić information content (AvgIpc) is 3.19. The number of nitrogens with zero attached hydrogens (tertiary/aromatic N) is 4. The number of rotatable bonds is 4. The van der Waals surface area contributed by atoms with E-state index in [1.165, 1.54) is 6.07 Å². The highest BCUT2D eigenvalue weighted by Gasteiger charge is 2.30. The Hall–Kier alpha value is -3.13. The van der Waals surface area contributed by atoms with Gasteiger partial charge in [0.1, 0.15) is 5.69 Å². The minimum absolute atomic E-state index is 0.00692. The second kappa shape index (κ2) is 8.31. The van der Waals surface area contributed by atoms with Gasteiger partial charge in [0.15, 0.2) is 0 Å². The van der Waals surface area contributed by atoms with E-state index in [0.29, 0.717) is 61.1 Å². The average molecular weight is 429 g/mol. The van der Waals surface area contributed by atoms with Crippen LogP contribution in [-0.2, 0) is 4.79 Å². The third kappa shape index (κ3) is 3.82. The van der Waals surface area contributed by atoms with Crippen LogP contribution in [-0.4, -0.2) is 54.4 Å². The van der Waals surface area contributed by atoms with Crippen LogP contribution < -0.4 is 9.80 Å². The largest absolute Gasteiger partial charge is 0.362 e. The maximum atomic E-state index is 13.2. The Morgan fingerprint density at radius 1 is 1.00 bits per heavy atom. The van der Waals surface area contributed by atoms with Crippen LogP contribution in [0, 0.1) is 10.1 Å². The first kappa shape index (κ1) is 20.2. The smallest absolute Gasteiger partial charge is 0.292 e. The van der Waals surface area contributed by atoms with Crippen LogP contribution in [0.2, 0.25) is 5.02 Å². The van der Waals surface area contributed by atoms with E-state index in [9.17, 15) is 19.7 Å². The summed E-state index contributed by atoms with van der Waals surface area (Å²) in [7, 11) is 0. The highest BCUT2D eigenvalue weighted by molar-refractivity contribution is 6.31. The van der Waals surface area contributed by atoms with Crippen LogP contribution in [0.1, 0.15) is 23.2 Å². The van der Waals surface area contributed by atoms with Crippen molar-refractivity contribution in [3.05, 3.63) is 63.2 Å². The zero-order valence-electron chi connectivity index (χ0n) is 16.3. The molecule has 0 saturated carbocycles. The van der Waals surface area contributed by atoms with E-state index in [0.717, 1.165) is 6.42 Å². The lowest BCUT2D eigenvalue weighted by molar-refractivity contribution is -0.384. The number of nitro groups is 1. The number of hydrogen-bond donors (Lipinski definition) is 0. The molecule has 156 valence electrons. The Bertz CT molecular complexity index is 1000. The van der Waals surface area contributed by atoms with E-state index in [1.807, 2.05) is 4.90 Å². The van der Waals surface area contributed by atoms with Crippen LogP contribution >= 0.6 is 11.6 Å². The molecule has 2 aromatic rings. The van der Waals surface area contributed by atoms with Crippen molar-refractivity contribution in [3.63, 3.8) is 0 Å². The van der Waals surface area contributed by atoms with Gasteiger partial charge in [-0.15, -0.1) is 0 Å². The molecule has 0 N–H and O–H groups in total. The molecular formula is C21H21ClN4O4. The number of nitro benzene ring substituents is 1. The summed E-state index contributed by atoms with van der Waals surface area (Å²) in [6.45, 7) is 2.41. The highest BCUT2D eigenvalue weighted by Crippen LogP contribution is 2.31. The number of halogens is 1. The molecule has 8 nitrogen and oxygen atoms in total. The number of anilines is 2. The second-order valence-electron chi connectivity index (χ2n) is 7.34. The molecule has 2 aromatic carbocycles. The number of benzene rings is 2. The molecule has 0 spiro atoms. The summed E-state index contributed by atoms with van der Waals surface area (Å²) in [5.74, 6) is -0.170. The van der Waals surface area contributed by atoms with Crippen molar-refractivity contribution in [1.29, 1.82) is 0 Å². The molecule has 30 heavy (non-hydrogen) atoms. The minimum Gasteiger partial charge on any atom is -0.362 e. The van der Waals surface area contributed by atoms with Crippen molar-refractivity contribution in [3.8, 4) is 0 Å². The van der Waals surface area contributed by atoms with E-state index in [1.54, 1.807) is 46.2 Å². The summed E-state index contributed by atoms with van der Waals surface area (Å²) >= 11 is 6.14. The van der Waals surface area contributed by atoms with E-state index in [4.69, 9.17) is 11.6 Å². The number of hydrogen-bond acceptors (Lipinski definition) is 5. The summed E-state index contributed by atoms with van der Waals surface area (Å²) in [4.78, 5) is 41.6. The second-order valence-corrected chi connectivity index (χ2v) is 7.77. The van der Waals surface area contributed by atoms with Gasteiger partial charge in [-0.1, -0.05) is 23.7 Å². The summed E-state index contributed by atoms with van der Waals surface area (Å²) in [5, 5.41) is 11.8. The van der Waals surface area contributed by atoms with Crippen molar-refractivity contribution in [2.45, 2.75) is 12.8 Å². The molecule has 2 aliphatic rings. The van der Waals surface area contributed by atoms with Gasteiger partial charge >= 0.3 is 0 Å². The maximum absolute atomic E-state index is 13.2. The van der Waals surface area contributed by atoms with Crippen LogP contribution in [0.3, 0.4) is 0 Å². The molecular weight excluding hydrogens is 408 g/mol. The van der Waals surface area contributed by atoms with Gasteiger partial charge in [-0.25, -0.2) is 0 Å². The fraction of sp³-hybridized carbons (Fsp3) is 0.333.